The van der Waals surface area contributed by atoms with Crippen molar-refractivity contribution in [2.45, 2.75) is 58.0 Å². The van der Waals surface area contributed by atoms with Gasteiger partial charge in [0.15, 0.2) is 5.82 Å². The van der Waals surface area contributed by atoms with E-state index in [0.717, 1.165) is 74.3 Å². The van der Waals surface area contributed by atoms with Crippen molar-refractivity contribution in [2.75, 3.05) is 25.0 Å². The fraction of sp³-hybridized carbons (Fsp3) is 0.560. The van der Waals surface area contributed by atoms with Crippen LogP contribution in [0.4, 0.5) is 5.82 Å². The van der Waals surface area contributed by atoms with Gasteiger partial charge in [-0.15, -0.1) is 0 Å². The number of aromatic nitrogens is 2. The Kier molecular flexibility index (Phi) is 6.58. The number of aryl methyl sites for hydroxylation is 1. The van der Waals surface area contributed by atoms with Gasteiger partial charge < -0.3 is 20.9 Å². The summed E-state index contributed by atoms with van der Waals surface area (Å²) in [5, 5.41) is 10.8. The van der Waals surface area contributed by atoms with Crippen LogP contribution in [0.15, 0.2) is 35.3 Å². The fourth-order valence-electron chi connectivity index (χ4n) is 5.39. The van der Waals surface area contributed by atoms with E-state index < -0.39 is 0 Å². The predicted molar refractivity (Wildman–Crippen MR) is 131 cm³/mol. The number of nitrogens with zero attached hydrogens (tertiary/aromatic N) is 3. The first-order valence-corrected chi connectivity index (χ1v) is 12.7. The Hall–Kier alpha value is -2.54. The van der Waals surface area contributed by atoms with Crippen molar-refractivity contribution in [3.8, 4) is 0 Å². The Morgan fingerprint density at radius 2 is 2.03 bits per heavy atom. The van der Waals surface area contributed by atoms with Crippen molar-refractivity contribution in [3.63, 3.8) is 0 Å². The molecule has 1 aromatic heterocycles. The summed E-state index contributed by atoms with van der Waals surface area (Å²) in [4.78, 5) is 24.6. The molecule has 1 amide bonds. The second-order valence-electron chi connectivity index (χ2n) is 9.53. The molecule has 176 valence electrons. The molecule has 5 rings (SSSR count). The van der Waals surface area contributed by atoms with E-state index in [1.54, 1.807) is 6.20 Å². The highest BCUT2D eigenvalue weighted by atomic mass is 35.5. The van der Waals surface area contributed by atoms with Gasteiger partial charge in [-0.3, -0.25) is 4.79 Å². The molecule has 1 aliphatic carbocycles. The quantitative estimate of drug-likeness (QED) is 0.589. The molecule has 0 aromatic carbocycles. The van der Waals surface area contributed by atoms with Crippen LogP contribution in [0.1, 0.15) is 56.8 Å². The van der Waals surface area contributed by atoms with E-state index >= 15 is 0 Å². The molecular formula is C25H33ClN6O. The number of carbonyl (C=O) groups is 1. The molecule has 0 bridgehead atoms. The van der Waals surface area contributed by atoms with Gasteiger partial charge in [0.2, 0.25) is 5.91 Å². The van der Waals surface area contributed by atoms with E-state index in [-0.39, 0.29) is 12.1 Å². The van der Waals surface area contributed by atoms with E-state index in [4.69, 9.17) is 16.6 Å². The number of amides is 1. The van der Waals surface area contributed by atoms with Crippen molar-refractivity contribution in [1.29, 1.82) is 0 Å². The summed E-state index contributed by atoms with van der Waals surface area (Å²) in [5.74, 6) is 2.66. The number of dihydropyridines is 1. The highest BCUT2D eigenvalue weighted by Crippen LogP contribution is 2.32. The van der Waals surface area contributed by atoms with Gasteiger partial charge in [0.25, 0.3) is 0 Å². The molecule has 2 atom stereocenters. The molecule has 2 fully saturated rings. The van der Waals surface area contributed by atoms with Crippen LogP contribution in [0.25, 0.3) is 5.57 Å². The Bertz CT molecular complexity index is 997. The zero-order chi connectivity index (χ0) is 22.8. The summed E-state index contributed by atoms with van der Waals surface area (Å²) in [6.07, 6.45) is 15.2. The summed E-state index contributed by atoms with van der Waals surface area (Å²) in [6.45, 7) is 4.70. The average molecular weight is 469 g/mol. The maximum Gasteiger partial charge on any atom is 0.225 e. The molecule has 4 heterocycles. The first-order chi connectivity index (χ1) is 16.1. The van der Waals surface area contributed by atoms with Gasteiger partial charge in [0.05, 0.1) is 5.03 Å². The van der Waals surface area contributed by atoms with Crippen LogP contribution >= 0.6 is 11.6 Å². The normalized spacial score (nSPS) is 24.9. The highest BCUT2D eigenvalue weighted by molar-refractivity contribution is 6.31. The SMILES string of the molecule is CCc1cnc(C2=CNC3NC=C(Cl)C=C23)nc1NC[C@H]1CCCN(C(=O)C2CCCC2)C1. The number of hydrogen-bond acceptors (Lipinski definition) is 6. The predicted octanol–water partition coefficient (Wildman–Crippen LogP) is 3.76. The van der Waals surface area contributed by atoms with E-state index in [1.165, 1.54) is 12.8 Å². The average Bonchev–Trinajstić information content (AvgIpc) is 3.52. The number of anilines is 1. The summed E-state index contributed by atoms with van der Waals surface area (Å²) in [5.41, 5.74) is 3.10. The molecule has 8 heteroatoms. The Balaban J connectivity index is 1.27. The van der Waals surface area contributed by atoms with Crippen LogP contribution in [0.3, 0.4) is 0 Å². The number of rotatable bonds is 6. The number of carbonyl (C=O) groups excluding carboxylic acids is 1. The number of nitrogens with one attached hydrogen (secondary N) is 3. The third-order valence-corrected chi connectivity index (χ3v) is 7.50. The zero-order valence-electron chi connectivity index (χ0n) is 19.2. The summed E-state index contributed by atoms with van der Waals surface area (Å²) in [7, 11) is 0. The van der Waals surface area contributed by atoms with Crippen LogP contribution in [0.5, 0.6) is 0 Å². The number of hydrogen-bond donors (Lipinski definition) is 3. The lowest BCUT2D eigenvalue weighted by Gasteiger charge is -2.34. The monoisotopic (exact) mass is 468 g/mol. The van der Waals surface area contributed by atoms with Gasteiger partial charge in [-0.25, -0.2) is 9.97 Å². The van der Waals surface area contributed by atoms with Gasteiger partial charge in [-0.05, 0) is 44.1 Å². The van der Waals surface area contributed by atoms with Crippen molar-refractivity contribution in [1.82, 2.24) is 25.5 Å². The highest BCUT2D eigenvalue weighted by Gasteiger charge is 2.31. The summed E-state index contributed by atoms with van der Waals surface area (Å²) >= 11 is 6.21. The molecule has 3 aliphatic heterocycles. The van der Waals surface area contributed by atoms with Crippen molar-refractivity contribution in [3.05, 3.63) is 46.7 Å². The van der Waals surface area contributed by atoms with Crippen LogP contribution < -0.4 is 16.0 Å². The molecule has 4 aliphatic rings. The van der Waals surface area contributed by atoms with Crippen LogP contribution in [0.2, 0.25) is 0 Å². The minimum Gasteiger partial charge on any atom is -0.369 e. The summed E-state index contributed by atoms with van der Waals surface area (Å²) < 4.78 is 0. The Labute approximate surface area is 200 Å². The maximum atomic E-state index is 12.9. The van der Waals surface area contributed by atoms with Crippen molar-refractivity contribution in [2.24, 2.45) is 11.8 Å². The molecule has 0 spiro atoms. The standard InChI is InChI=1S/C25H33ClN6O/c1-2-17-12-28-24(21-14-30-23-20(21)10-19(26)13-29-23)31-22(17)27-11-16-6-5-9-32(15-16)25(33)18-7-3-4-8-18/h10,12-14,16,18,23,29-30H,2-9,11,15H2,1H3,(H,27,28,31)/t16-,23?/m1/s1. The van der Waals surface area contributed by atoms with Gasteiger partial charge in [0.1, 0.15) is 12.0 Å². The molecule has 1 aromatic rings. The van der Waals surface area contributed by atoms with Crippen molar-refractivity contribution < 1.29 is 4.79 Å². The molecule has 33 heavy (non-hydrogen) atoms. The number of fused-ring (bicyclic) bond motifs is 1. The van der Waals surface area contributed by atoms with E-state index in [2.05, 4.69) is 32.8 Å². The lowest BCUT2D eigenvalue weighted by Crippen LogP contribution is -2.44. The molecule has 3 N–H and O–H groups in total. The molecule has 1 unspecified atom stereocenters. The Morgan fingerprint density at radius 1 is 1.21 bits per heavy atom. The molecule has 7 nitrogen and oxygen atoms in total. The molecule has 1 saturated carbocycles. The largest absolute Gasteiger partial charge is 0.369 e. The number of likely N-dealkylation sites (tertiary alicyclic amines) is 1. The van der Waals surface area contributed by atoms with Gasteiger partial charge in [-0.1, -0.05) is 31.4 Å². The molecular weight excluding hydrogens is 436 g/mol. The maximum absolute atomic E-state index is 12.9. The third-order valence-electron chi connectivity index (χ3n) is 7.28. The molecule has 1 saturated heterocycles. The smallest absolute Gasteiger partial charge is 0.225 e. The molecule has 0 radical (unpaired) electrons. The first kappa shape index (κ1) is 22.3. The van der Waals surface area contributed by atoms with Crippen molar-refractivity contribution >= 4 is 28.9 Å². The lowest BCUT2D eigenvalue weighted by atomic mass is 9.96. The van der Waals surface area contributed by atoms with Crippen LogP contribution in [-0.4, -0.2) is 46.6 Å². The number of allylic oxidation sites excluding steroid dienone is 2. The zero-order valence-corrected chi connectivity index (χ0v) is 20.0. The van der Waals surface area contributed by atoms with E-state index in [0.29, 0.717) is 22.7 Å². The van der Waals surface area contributed by atoms with Gasteiger partial charge >= 0.3 is 0 Å². The third kappa shape index (κ3) is 4.74. The van der Waals surface area contributed by atoms with E-state index in [1.807, 2.05) is 18.5 Å². The van der Waals surface area contributed by atoms with E-state index in [9.17, 15) is 4.79 Å². The summed E-state index contributed by atoms with van der Waals surface area (Å²) in [6, 6.07) is 0. The van der Waals surface area contributed by atoms with Gasteiger partial charge in [-0.2, -0.15) is 0 Å². The fourth-order valence-corrected chi connectivity index (χ4v) is 5.57. The Morgan fingerprint density at radius 3 is 2.85 bits per heavy atom. The minimum absolute atomic E-state index is 0.000938. The first-order valence-electron chi connectivity index (χ1n) is 12.3. The van der Waals surface area contributed by atoms with Crippen LogP contribution in [-0.2, 0) is 11.2 Å². The lowest BCUT2D eigenvalue weighted by molar-refractivity contribution is -0.137. The number of piperidine rings is 1. The minimum atomic E-state index is -0.000938. The van der Waals surface area contributed by atoms with Crippen LogP contribution in [0, 0.1) is 11.8 Å². The second kappa shape index (κ2) is 9.75. The van der Waals surface area contributed by atoms with Gasteiger partial charge in [0, 0.05) is 60.9 Å². The number of halogens is 1. The second-order valence-corrected chi connectivity index (χ2v) is 9.97. The topological polar surface area (TPSA) is 82.2 Å².